The lowest BCUT2D eigenvalue weighted by Crippen LogP contribution is -2.33. The van der Waals surface area contributed by atoms with Crippen LogP contribution in [0, 0.1) is 10.1 Å². The van der Waals surface area contributed by atoms with Crippen LogP contribution in [-0.2, 0) is 16.6 Å². The number of nitro groups is 1. The summed E-state index contributed by atoms with van der Waals surface area (Å²) in [7, 11) is -2.65. The van der Waals surface area contributed by atoms with Crippen LogP contribution in [-0.4, -0.2) is 30.8 Å². The first kappa shape index (κ1) is 20.3. The standard InChI is InChI=1S/C20H24N2O5S/c1-14(2)16-6-4-15(5-7-16)13-21(17-8-9-17)28(25,26)20-11-10-18(27-3)12-19(20)22(23)24/h4-7,10-12,14,17H,8-9,13H2,1-3H3. The second kappa shape index (κ2) is 7.89. The molecule has 2 aromatic carbocycles. The summed E-state index contributed by atoms with van der Waals surface area (Å²) < 4.78 is 33.0. The summed E-state index contributed by atoms with van der Waals surface area (Å²) in [6.45, 7) is 4.38. The molecule has 0 N–H and O–H groups in total. The average molecular weight is 404 g/mol. The van der Waals surface area contributed by atoms with Gasteiger partial charge in [0.25, 0.3) is 5.69 Å². The third-order valence-electron chi connectivity index (χ3n) is 4.89. The van der Waals surface area contributed by atoms with Gasteiger partial charge in [0.2, 0.25) is 10.0 Å². The number of rotatable bonds is 8. The van der Waals surface area contributed by atoms with E-state index in [2.05, 4.69) is 13.8 Å². The molecule has 1 fully saturated rings. The largest absolute Gasteiger partial charge is 0.497 e. The van der Waals surface area contributed by atoms with E-state index in [1.54, 1.807) is 0 Å². The Labute approximate surface area is 165 Å². The van der Waals surface area contributed by atoms with E-state index in [0.29, 0.717) is 5.92 Å². The van der Waals surface area contributed by atoms with Crippen molar-refractivity contribution < 1.29 is 18.1 Å². The van der Waals surface area contributed by atoms with Crippen molar-refractivity contribution in [2.24, 2.45) is 0 Å². The van der Waals surface area contributed by atoms with E-state index >= 15 is 0 Å². The number of hydrogen-bond donors (Lipinski definition) is 0. The van der Waals surface area contributed by atoms with Crippen molar-refractivity contribution >= 4 is 15.7 Å². The summed E-state index contributed by atoms with van der Waals surface area (Å²) in [5.41, 5.74) is 1.56. The van der Waals surface area contributed by atoms with Gasteiger partial charge in [0.05, 0.1) is 18.1 Å². The van der Waals surface area contributed by atoms with Gasteiger partial charge in [-0.1, -0.05) is 38.1 Å². The van der Waals surface area contributed by atoms with Gasteiger partial charge in [-0.2, -0.15) is 4.31 Å². The van der Waals surface area contributed by atoms with Gasteiger partial charge < -0.3 is 4.74 Å². The molecule has 8 heteroatoms. The van der Waals surface area contributed by atoms with Crippen LogP contribution in [0.2, 0.25) is 0 Å². The zero-order chi connectivity index (χ0) is 20.5. The highest BCUT2D eigenvalue weighted by molar-refractivity contribution is 7.89. The summed E-state index contributed by atoms with van der Waals surface area (Å²) >= 11 is 0. The fraction of sp³-hybridized carbons (Fsp3) is 0.400. The maximum absolute atomic E-state index is 13.3. The predicted molar refractivity (Wildman–Crippen MR) is 106 cm³/mol. The summed E-state index contributed by atoms with van der Waals surface area (Å²) in [6.07, 6.45) is 1.51. The first-order chi connectivity index (χ1) is 13.2. The van der Waals surface area contributed by atoms with Gasteiger partial charge in [-0.3, -0.25) is 10.1 Å². The van der Waals surface area contributed by atoms with E-state index in [0.717, 1.165) is 24.5 Å². The molecular weight excluding hydrogens is 380 g/mol. The Balaban J connectivity index is 1.96. The zero-order valence-electron chi connectivity index (χ0n) is 16.2. The Kier molecular flexibility index (Phi) is 5.71. The van der Waals surface area contributed by atoms with Gasteiger partial charge in [-0.15, -0.1) is 0 Å². The summed E-state index contributed by atoms with van der Waals surface area (Å²) in [6, 6.07) is 11.5. The van der Waals surface area contributed by atoms with E-state index in [1.807, 2.05) is 24.3 Å². The first-order valence-electron chi connectivity index (χ1n) is 9.17. The van der Waals surface area contributed by atoms with Crippen molar-refractivity contribution in [3.63, 3.8) is 0 Å². The third kappa shape index (κ3) is 4.18. The van der Waals surface area contributed by atoms with Crippen LogP contribution in [0.5, 0.6) is 5.75 Å². The Morgan fingerprint density at radius 3 is 2.32 bits per heavy atom. The first-order valence-corrected chi connectivity index (χ1v) is 10.6. The van der Waals surface area contributed by atoms with Crippen LogP contribution >= 0.6 is 0 Å². The molecule has 1 aliphatic rings. The van der Waals surface area contributed by atoms with Crippen molar-refractivity contribution in [1.82, 2.24) is 4.31 Å². The Morgan fingerprint density at radius 2 is 1.82 bits per heavy atom. The maximum Gasteiger partial charge on any atom is 0.293 e. The maximum atomic E-state index is 13.3. The van der Waals surface area contributed by atoms with E-state index < -0.39 is 20.6 Å². The molecule has 0 bridgehead atoms. The number of nitro benzene ring substituents is 1. The molecule has 0 aliphatic heterocycles. The summed E-state index contributed by atoms with van der Waals surface area (Å²) in [5.74, 6) is 0.632. The van der Waals surface area contributed by atoms with Gasteiger partial charge in [0.1, 0.15) is 5.75 Å². The molecule has 0 aromatic heterocycles. The molecule has 0 unspecified atom stereocenters. The van der Waals surface area contributed by atoms with Crippen molar-refractivity contribution in [3.05, 3.63) is 63.7 Å². The van der Waals surface area contributed by atoms with Gasteiger partial charge in [-0.05, 0) is 42.0 Å². The lowest BCUT2D eigenvalue weighted by atomic mass is 10.0. The molecule has 3 rings (SSSR count). The molecule has 0 radical (unpaired) electrons. The normalized spacial score (nSPS) is 14.5. The SMILES string of the molecule is COc1ccc(S(=O)(=O)N(Cc2ccc(C(C)C)cc2)C2CC2)c([N+](=O)[O-])c1. The fourth-order valence-corrected chi connectivity index (χ4v) is 4.88. The van der Waals surface area contributed by atoms with Crippen LogP contribution in [0.4, 0.5) is 5.69 Å². The van der Waals surface area contributed by atoms with Gasteiger partial charge in [0, 0.05) is 12.6 Å². The molecule has 2 aromatic rings. The van der Waals surface area contributed by atoms with Crippen molar-refractivity contribution in [2.45, 2.75) is 50.1 Å². The van der Waals surface area contributed by atoms with Crippen LogP contribution in [0.25, 0.3) is 0 Å². The minimum Gasteiger partial charge on any atom is -0.497 e. The van der Waals surface area contributed by atoms with Gasteiger partial charge in [0.15, 0.2) is 4.90 Å². The molecule has 0 saturated heterocycles. The van der Waals surface area contributed by atoms with E-state index in [-0.39, 0.29) is 23.2 Å². The van der Waals surface area contributed by atoms with Gasteiger partial charge >= 0.3 is 0 Å². The Morgan fingerprint density at radius 1 is 1.18 bits per heavy atom. The van der Waals surface area contributed by atoms with Crippen LogP contribution in [0.3, 0.4) is 0 Å². The highest BCUT2D eigenvalue weighted by Gasteiger charge is 2.41. The number of methoxy groups -OCH3 is 1. The average Bonchev–Trinajstić information content (AvgIpc) is 3.50. The van der Waals surface area contributed by atoms with Crippen LogP contribution in [0.1, 0.15) is 43.7 Å². The quantitative estimate of drug-likeness (QED) is 0.488. The van der Waals surface area contributed by atoms with Gasteiger partial charge in [-0.25, -0.2) is 8.42 Å². The molecule has 28 heavy (non-hydrogen) atoms. The number of sulfonamides is 1. The van der Waals surface area contributed by atoms with Crippen molar-refractivity contribution in [3.8, 4) is 5.75 Å². The Hall–Kier alpha value is -2.45. The molecule has 0 amide bonds. The molecule has 0 spiro atoms. The minimum atomic E-state index is -4.03. The number of nitrogens with zero attached hydrogens (tertiary/aromatic N) is 2. The predicted octanol–water partition coefficient (Wildman–Crippen LogP) is 4.08. The van der Waals surface area contributed by atoms with E-state index in [4.69, 9.17) is 4.74 Å². The second-order valence-corrected chi connectivity index (χ2v) is 9.13. The molecular formula is C20H24N2O5S. The molecule has 1 aliphatic carbocycles. The molecule has 0 heterocycles. The topological polar surface area (TPSA) is 89.8 Å². The highest BCUT2D eigenvalue weighted by Crippen LogP contribution is 2.37. The second-order valence-electron chi connectivity index (χ2n) is 7.27. The molecule has 0 atom stereocenters. The fourth-order valence-electron chi connectivity index (χ4n) is 3.07. The summed E-state index contributed by atoms with van der Waals surface area (Å²) in [5, 5.41) is 11.5. The smallest absolute Gasteiger partial charge is 0.293 e. The monoisotopic (exact) mass is 404 g/mol. The van der Waals surface area contributed by atoms with Crippen molar-refractivity contribution in [1.29, 1.82) is 0 Å². The van der Waals surface area contributed by atoms with Crippen molar-refractivity contribution in [2.75, 3.05) is 7.11 Å². The number of ether oxygens (including phenoxy) is 1. The third-order valence-corrected chi connectivity index (χ3v) is 6.83. The number of benzene rings is 2. The number of hydrogen-bond acceptors (Lipinski definition) is 5. The Bertz CT molecular complexity index is 967. The van der Waals surface area contributed by atoms with Crippen LogP contribution in [0.15, 0.2) is 47.4 Å². The zero-order valence-corrected chi connectivity index (χ0v) is 17.0. The highest BCUT2D eigenvalue weighted by atomic mass is 32.2. The van der Waals surface area contributed by atoms with Crippen LogP contribution < -0.4 is 4.74 Å². The van der Waals surface area contributed by atoms with E-state index in [1.165, 1.54) is 29.1 Å². The molecule has 1 saturated carbocycles. The van der Waals surface area contributed by atoms with E-state index in [9.17, 15) is 18.5 Å². The summed E-state index contributed by atoms with van der Waals surface area (Å²) in [4.78, 5) is 10.5. The lowest BCUT2D eigenvalue weighted by molar-refractivity contribution is -0.387. The lowest BCUT2D eigenvalue weighted by Gasteiger charge is -2.22. The molecule has 150 valence electrons. The minimum absolute atomic E-state index is 0.128. The molecule has 7 nitrogen and oxygen atoms in total.